The summed E-state index contributed by atoms with van der Waals surface area (Å²) in [6.07, 6.45) is 0.0988. The monoisotopic (exact) mass is 353 g/mol. The fourth-order valence-corrected chi connectivity index (χ4v) is 4.47. The minimum atomic E-state index is -0.476. The molecule has 0 radical (unpaired) electrons. The van der Waals surface area contributed by atoms with E-state index < -0.39 is 6.10 Å². The number of hydrogen-bond acceptors (Lipinski definition) is 4. The Morgan fingerprint density at radius 2 is 2.11 bits per heavy atom. The van der Waals surface area contributed by atoms with Crippen LogP contribution in [0.15, 0.2) is 34.8 Å². The minimum Gasteiger partial charge on any atom is -0.387 e. The molecule has 0 spiro atoms. The second-order valence-electron chi connectivity index (χ2n) is 4.35. The van der Waals surface area contributed by atoms with Crippen LogP contribution in [0, 0.1) is 6.92 Å². The number of halogens is 1. The number of hydrogen-bond donors (Lipinski definition) is 1. The van der Waals surface area contributed by atoms with Crippen molar-refractivity contribution in [2.75, 3.05) is 0 Å². The second kappa shape index (κ2) is 5.32. The van der Waals surface area contributed by atoms with Gasteiger partial charge in [0.15, 0.2) is 0 Å². The molecular weight excluding hydrogens is 342 g/mol. The van der Waals surface area contributed by atoms with Gasteiger partial charge < -0.3 is 5.11 Å². The Morgan fingerprint density at radius 3 is 2.79 bits per heavy atom. The average molecular weight is 354 g/mol. The van der Waals surface area contributed by atoms with Gasteiger partial charge in [0.25, 0.3) is 0 Å². The molecule has 0 bridgehead atoms. The first-order chi connectivity index (χ1) is 9.13. The standard InChI is InChI=1S/C14H12BrNOS2/c1-8-9(15)6-13(18-8)11(17)7-14-16-10-4-2-3-5-12(10)19-14/h2-6,11,17H,7H2,1H3. The Labute approximate surface area is 127 Å². The Morgan fingerprint density at radius 1 is 1.32 bits per heavy atom. The van der Waals surface area contributed by atoms with Crippen LogP contribution in [0.4, 0.5) is 0 Å². The van der Waals surface area contributed by atoms with Crippen molar-refractivity contribution in [2.45, 2.75) is 19.4 Å². The van der Waals surface area contributed by atoms with E-state index in [1.54, 1.807) is 22.7 Å². The molecule has 0 saturated carbocycles. The van der Waals surface area contributed by atoms with Crippen molar-refractivity contribution in [1.29, 1.82) is 0 Å². The third kappa shape index (κ3) is 2.74. The van der Waals surface area contributed by atoms with Crippen LogP contribution in [0.5, 0.6) is 0 Å². The van der Waals surface area contributed by atoms with Crippen molar-refractivity contribution in [2.24, 2.45) is 0 Å². The number of thiophene rings is 1. The first-order valence-electron chi connectivity index (χ1n) is 5.92. The fourth-order valence-electron chi connectivity index (χ4n) is 1.92. The Bertz CT molecular complexity index is 667. The van der Waals surface area contributed by atoms with Gasteiger partial charge in [-0.15, -0.1) is 22.7 Å². The number of rotatable bonds is 3. The molecule has 1 atom stereocenters. The van der Waals surface area contributed by atoms with Gasteiger partial charge in [-0.2, -0.15) is 0 Å². The normalized spacial score (nSPS) is 13.0. The molecule has 0 amide bonds. The first kappa shape index (κ1) is 13.2. The largest absolute Gasteiger partial charge is 0.387 e. The van der Waals surface area contributed by atoms with Crippen LogP contribution in [-0.2, 0) is 6.42 Å². The lowest BCUT2D eigenvalue weighted by atomic mass is 10.2. The lowest BCUT2D eigenvalue weighted by molar-refractivity contribution is 0.182. The molecule has 3 aromatic rings. The summed E-state index contributed by atoms with van der Waals surface area (Å²) in [5.41, 5.74) is 1.01. The molecule has 2 heterocycles. The van der Waals surface area contributed by atoms with E-state index in [1.807, 2.05) is 31.2 Å². The highest BCUT2D eigenvalue weighted by molar-refractivity contribution is 9.10. The summed E-state index contributed by atoms with van der Waals surface area (Å²) in [5, 5.41) is 11.3. The molecule has 0 aliphatic carbocycles. The maximum atomic E-state index is 10.3. The number of aliphatic hydroxyl groups is 1. The molecule has 19 heavy (non-hydrogen) atoms. The van der Waals surface area contributed by atoms with Crippen LogP contribution in [-0.4, -0.2) is 10.1 Å². The molecule has 2 nitrogen and oxygen atoms in total. The topological polar surface area (TPSA) is 33.1 Å². The van der Waals surface area contributed by atoms with Crippen LogP contribution in [0.2, 0.25) is 0 Å². The smallest absolute Gasteiger partial charge is 0.0968 e. The van der Waals surface area contributed by atoms with Crippen LogP contribution >= 0.6 is 38.6 Å². The van der Waals surface area contributed by atoms with Crippen molar-refractivity contribution in [3.8, 4) is 0 Å². The number of aliphatic hydroxyl groups excluding tert-OH is 1. The van der Waals surface area contributed by atoms with Crippen molar-refractivity contribution in [1.82, 2.24) is 4.98 Å². The summed E-state index contributed by atoms with van der Waals surface area (Å²) >= 11 is 6.77. The van der Waals surface area contributed by atoms with Gasteiger partial charge in [0.1, 0.15) is 0 Å². The number of para-hydroxylation sites is 1. The van der Waals surface area contributed by atoms with Gasteiger partial charge in [-0.1, -0.05) is 12.1 Å². The predicted octanol–water partition coefficient (Wildman–Crippen LogP) is 4.70. The molecule has 2 aromatic heterocycles. The molecule has 3 rings (SSSR count). The van der Waals surface area contributed by atoms with E-state index in [1.165, 1.54) is 9.58 Å². The molecular formula is C14H12BrNOS2. The van der Waals surface area contributed by atoms with Gasteiger partial charge in [0, 0.05) is 20.6 Å². The van der Waals surface area contributed by atoms with Crippen molar-refractivity contribution < 1.29 is 5.11 Å². The van der Waals surface area contributed by atoms with Crippen molar-refractivity contribution >= 4 is 48.8 Å². The number of fused-ring (bicyclic) bond motifs is 1. The molecule has 5 heteroatoms. The zero-order chi connectivity index (χ0) is 13.4. The van der Waals surface area contributed by atoms with Crippen molar-refractivity contribution in [3.05, 3.63) is 49.6 Å². The van der Waals surface area contributed by atoms with E-state index in [4.69, 9.17) is 0 Å². The third-order valence-corrected chi connectivity index (χ3v) is 6.21. The molecule has 98 valence electrons. The molecule has 0 saturated heterocycles. The Hall–Kier alpha value is -0.750. The molecule has 0 aliphatic heterocycles. The Balaban J connectivity index is 1.84. The highest BCUT2D eigenvalue weighted by Gasteiger charge is 2.15. The van der Waals surface area contributed by atoms with Gasteiger partial charge in [-0.25, -0.2) is 4.98 Å². The van der Waals surface area contributed by atoms with E-state index in [2.05, 4.69) is 27.0 Å². The predicted molar refractivity (Wildman–Crippen MR) is 85.0 cm³/mol. The fraction of sp³-hybridized carbons (Fsp3) is 0.214. The zero-order valence-corrected chi connectivity index (χ0v) is 13.5. The summed E-state index contributed by atoms with van der Waals surface area (Å²) in [6, 6.07) is 10.1. The van der Waals surface area contributed by atoms with Gasteiger partial charge in [0.2, 0.25) is 0 Å². The lowest BCUT2D eigenvalue weighted by Gasteiger charge is -2.05. The highest BCUT2D eigenvalue weighted by atomic mass is 79.9. The third-order valence-electron chi connectivity index (χ3n) is 2.91. The maximum Gasteiger partial charge on any atom is 0.0968 e. The Kier molecular flexibility index (Phi) is 3.71. The highest BCUT2D eigenvalue weighted by Crippen LogP contribution is 2.33. The van der Waals surface area contributed by atoms with E-state index in [0.717, 1.165) is 19.9 Å². The average Bonchev–Trinajstić information content (AvgIpc) is 2.93. The molecule has 0 fully saturated rings. The van der Waals surface area contributed by atoms with Gasteiger partial charge >= 0.3 is 0 Å². The molecule has 1 aromatic carbocycles. The number of thiazole rings is 1. The van der Waals surface area contributed by atoms with E-state index in [-0.39, 0.29) is 0 Å². The lowest BCUT2D eigenvalue weighted by Crippen LogP contribution is -1.98. The van der Waals surface area contributed by atoms with E-state index >= 15 is 0 Å². The van der Waals surface area contributed by atoms with Crippen molar-refractivity contribution in [3.63, 3.8) is 0 Å². The summed E-state index contributed by atoms with van der Waals surface area (Å²) < 4.78 is 2.24. The SMILES string of the molecule is Cc1sc(C(O)Cc2nc3ccccc3s2)cc1Br. The molecule has 1 unspecified atom stereocenters. The van der Waals surface area contributed by atoms with Crippen LogP contribution in [0.25, 0.3) is 10.2 Å². The quantitative estimate of drug-likeness (QED) is 0.739. The summed E-state index contributed by atoms with van der Waals surface area (Å²) in [4.78, 5) is 6.74. The van der Waals surface area contributed by atoms with Gasteiger partial charge in [0.05, 0.1) is 21.3 Å². The summed E-state index contributed by atoms with van der Waals surface area (Å²) in [6.45, 7) is 2.04. The number of aromatic nitrogens is 1. The number of aryl methyl sites for hydroxylation is 1. The minimum absolute atomic E-state index is 0.476. The summed E-state index contributed by atoms with van der Waals surface area (Å²) in [7, 11) is 0. The second-order valence-corrected chi connectivity index (χ2v) is 7.61. The zero-order valence-electron chi connectivity index (χ0n) is 10.3. The van der Waals surface area contributed by atoms with Crippen LogP contribution in [0.3, 0.4) is 0 Å². The van der Waals surface area contributed by atoms with E-state index in [9.17, 15) is 5.11 Å². The first-order valence-corrected chi connectivity index (χ1v) is 8.34. The summed E-state index contributed by atoms with van der Waals surface area (Å²) in [5.74, 6) is 0. The van der Waals surface area contributed by atoms with Crippen LogP contribution < -0.4 is 0 Å². The molecule has 0 aliphatic rings. The van der Waals surface area contributed by atoms with Gasteiger partial charge in [-0.05, 0) is 41.1 Å². The molecule has 1 N–H and O–H groups in total. The maximum absolute atomic E-state index is 10.3. The number of benzene rings is 1. The van der Waals surface area contributed by atoms with E-state index in [0.29, 0.717) is 6.42 Å². The van der Waals surface area contributed by atoms with Crippen LogP contribution in [0.1, 0.15) is 20.9 Å². The van der Waals surface area contributed by atoms with Gasteiger partial charge in [-0.3, -0.25) is 0 Å². The number of nitrogens with zero attached hydrogens (tertiary/aromatic N) is 1.